The Morgan fingerprint density at radius 2 is 2.50 bits per heavy atom. The Bertz CT molecular complexity index is 161. The lowest BCUT2D eigenvalue weighted by molar-refractivity contribution is 0.236. The third-order valence-corrected chi connectivity index (χ3v) is 1.38. The van der Waals surface area contributed by atoms with Crippen molar-refractivity contribution in [2.24, 2.45) is 0 Å². The molecule has 0 atom stereocenters. The van der Waals surface area contributed by atoms with Gasteiger partial charge in [0, 0.05) is 19.8 Å². The zero-order valence-electron chi connectivity index (χ0n) is 6.50. The summed E-state index contributed by atoms with van der Waals surface area (Å²) in [6.07, 6.45) is 6.07. The molecule has 2 nitrogen and oxygen atoms in total. The summed E-state index contributed by atoms with van der Waals surface area (Å²) in [7, 11) is 2.04. The van der Waals surface area contributed by atoms with E-state index < -0.39 is 0 Å². The maximum absolute atomic E-state index is 5.28. The fourth-order valence-electron chi connectivity index (χ4n) is 0.837. The number of ether oxygens (including phenoxy) is 1. The van der Waals surface area contributed by atoms with Crippen molar-refractivity contribution >= 4 is 0 Å². The molecule has 1 aliphatic heterocycles. The Morgan fingerprint density at radius 1 is 1.70 bits per heavy atom. The van der Waals surface area contributed by atoms with Crippen LogP contribution in [0.15, 0.2) is 24.1 Å². The molecule has 0 N–H and O–H groups in total. The molecule has 0 spiro atoms. The standard InChI is InChI=1S/C8H13NO/c1-3-10-8-4-6-9(2)7-5-8/h4-6H,3,7H2,1-2H3. The molecule has 0 aromatic rings. The van der Waals surface area contributed by atoms with Gasteiger partial charge in [-0.05, 0) is 19.1 Å². The molecule has 2 heteroatoms. The Kier molecular flexibility index (Phi) is 2.37. The molecule has 0 aromatic carbocycles. The van der Waals surface area contributed by atoms with Gasteiger partial charge in [-0.1, -0.05) is 0 Å². The van der Waals surface area contributed by atoms with Gasteiger partial charge in [-0.2, -0.15) is 0 Å². The molecule has 10 heavy (non-hydrogen) atoms. The van der Waals surface area contributed by atoms with Gasteiger partial charge in [-0.25, -0.2) is 0 Å². The van der Waals surface area contributed by atoms with Gasteiger partial charge in [-0.3, -0.25) is 0 Å². The number of rotatable bonds is 2. The normalized spacial score (nSPS) is 17.0. The number of nitrogens with zero attached hydrogens (tertiary/aromatic N) is 1. The van der Waals surface area contributed by atoms with E-state index in [4.69, 9.17) is 4.74 Å². The lowest BCUT2D eigenvalue weighted by Crippen LogP contribution is -2.14. The van der Waals surface area contributed by atoms with Crippen LogP contribution < -0.4 is 0 Å². The van der Waals surface area contributed by atoms with Crippen LogP contribution in [0.4, 0.5) is 0 Å². The van der Waals surface area contributed by atoms with Crippen molar-refractivity contribution < 1.29 is 4.74 Å². The minimum Gasteiger partial charge on any atom is -0.494 e. The topological polar surface area (TPSA) is 12.5 Å². The lowest BCUT2D eigenvalue weighted by atomic mass is 10.3. The van der Waals surface area contributed by atoms with E-state index in [2.05, 4.69) is 11.0 Å². The van der Waals surface area contributed by atoms with Crippen LogP contribution in [0.5, 0.6) is 0 Å². The van der Waals surface area contributed by atoms with Gasteiger partial charge >= 0.3 is 0 Å². The Labute approximate surface area is 61.8 Å². The predicted molar refractivity (Wildman–Crippen MR) is 41.5 cm³/mol. The summed E-state index contributed by atoms with van der Waals surface area (Å²) < 4.78 is 5.28. The minimum atomic E-state index is 0.750. The molecule has 1 aliphatic rings. The number of hydrogen-bond acceptors (Lipinski definition) is 2. The fourth-order valence-corrected chi connectivity index (χ4v) is 0.837. The molecular formula is C8H13NO. The second kappa shape index (κ2) is 3.30. The van der Waals surface area contributed by atoms with Crippen molar-refractivity contribution in [3.8, 4) is 0 Å². The highest BCUT2D eigenvalue weighted by Gasteiger charge is 1.98. The van der Waals surface area contributed by atoms with Crippen LogP contribution in [0.2, 0.25) is 0 Å². The van der Waals surface area contributed by atoms with Gasteiger partial charge in [0.15, 0.2) is 0 Å². The Hall–Kier alpha value is -0.920. The number of hydrogen-bond donors (Lipinski definition) is 0. The van der Waals surface area contributed by atoms with Crippen molar-refractivity contribution in [3.05, 3.63) is 24.1 Å². The van der Waals surface area contributed by atoms with Gasteiger partial charge in [0.25, 0.3) is 0 Å². The highest BCUT2D eigenvalue weighted by Crippen LogP contribution is 2.05. The van der Waals surface area contributed by atoms with E-state index in [1.54, 1.807) is 0 Å². The second-order valence-electron chi connectivity index (χ2n) is 2.29. The highest BCUT2D eigenvalue weighted by molar-refractivity contribution is 5.16. The van der Waals surface area contributed by atoms with Crippen molar-refractivity contribution in [2.75, 3.05) is 20.2 Å². The first-order chi connectivity index (χ1) is 4.83. The van der Waals surface area contributed by atoms with Crippen LogP contribution in [0, 0.1) is 0 Å². The van der Waals surface area contributed by atoms with Crippen molar-refractivity contribution in [1.82, 2.24) is 4.90 Å². The average molecular weight is 139 g/mol. The summed E-state index contributed by atoms with van der Waals surface area (Å²) in [4.78, 5) is 2.10. The monoisotopic (exact) mass is 139 g/mol. The van der Waals surface area contributed by atoms with Crippen LogP contribution in [0.1, 0.15) is 6.92 Å². The van der Waals surface area contributed by atoms with E-state index in [1.807, 2.05) is 26.2 Å². The molecule has 0 aliphatic carbocycles. The smallest absolute Gasteiger partial charge is 0.118 e. The summed E-state index contributed by atoms with van der Waals surface area (Å²) in [5.74, 6) is 0.987. The minimum absolute atomic E-state index is 0.750. The molecule has 56 valence electrons. The largest absolute Gasteiger partial charge is 0.494 e. The second-order valence-corrected chi connectivity index (χ2v) is 2.29. The Balaban J connectivity index is 2.42. The van der Waals surface area contributed by atoms with E-state index in [-0.39, 0.29) is 0 Å². The lowest BCUT2D eigenvalue weighted by Gasteiger charge is -2.16. The molecule has 0 saturated carbocycles. The summed E-state index contributed by atoms with van der Waals surface area (Å²) >= 11 is 0. The fraction of sp³-hybridized carbons (Fsp3) is 0.500. The molecule has 1 heterocycles. The zero-order chi connectivity index (χ0) is 7.40. The molecule has 0 aromatic heterocycles. The van der Waals surface area contributed by atoms with Gasteiger partial charge in [0.1, 0.15) is 5.76 Å². The van der Waals surface area contributed by atoms with E-state index in [1.165, 1.54) is 0 Å². The molecule has 0 amide bonds. The van der Waals surface area contributed by atoms with Gasteiger partial charge in [-0.15, -0.1) is 0 Å². The molecule has 0 unspecified atom stereocenters. The van der Waals surface area contributed by atoms with Crippen LogP contribution >= 0.6 is 0 Å². The maximum atomic E-state index is 5.28. The van der Waals surface area contributed by atoms with E-state index >= 15 is 0 Å². The molecule has 1 rings (SSSR count). The first-order valence-electron chi connectivity index (χ1n) is 3.54. The SMILES string of the molecule is CCOC1=CCN(C)C=C1. The predicted octanol–water partition coefficient (Wildman–Crippen LogP) is 1.37. The van der Waals surface area contributed by atoms with Crippen molar-refractivity contribution in [3.63, 3.8) is 0 Å². The quantitative estimate of drug-likeness (QED) is 0.573. The summed E-state index contributed by atoms with van der Waals surface area (Å²) in [6, 6.07) is 0. The van der Waals surface area contributed by atoms with Crippen LogP contribution in [0.25, 0.3) is 0 Å². The van der Waals surface area contributed by atoms with Crippen LogP contribution in [-0.4, -0.2) is 25.1 Å². The third kappa shape index (κ3) is 1.79. The average Bonchev–Trinajstić information content (AvgIpc) is 1.95. The molecule has 0 bridgehead atoms. The van der Waals surface area contributed by atoms with Gasteiger partial charge in [0.05, 0.1) is 6.61 Å². The molecular weight excluding hydrogens is 126 g/mol. The number of allylic oxidation sites excluding steroid dienone is 1. The van der Waals surface area contributed by atoms with Crippen LogP contribution in [0.3, 0.4) is 0 Å². The first kappa shape index (κ1) is 7.19. The van der Waals surface area contributed by atoms with Gasteiger partial charge in [0.2, 0.25) is 0 Å². The van der Waals surface area contributed by atoms with E-state index in [0.29, 0.717) is 0 Å². The van der Waals surface area contributed by atoms with Gasteiger partial charge < -0.3 is 9.64 Å². The molecule has 0 radical (unpaired) electrons. The molecule has 0 fully saturated rings. The Morgan fingerprint density at radius 3 is 3.00 bits per heavy atom. The summed E-state index contributed by atoms with van der Waals surface area (Å²) in [6.45, 7) is 3.69. The maximum Gasteiger partial charge on any atom is 0.118 e. The number of likely N-dealkylation sites (N-methyl/N-ethyl adjacent to an activating group) is 1. The molecule has 0 saturated heterocycles. The van der Waals surface area contributed by atoms with Crippen LogP contribution in [-0.2, 0) is 4.74 Å². The van der Waals surface area contributed by atoms with Crippen molar-refractivity contribution in [1.29, 1.82) is 0 Å². The third-order valence-electron chi connectivity index (χ3n) is 1.38. The van der Waals surface area contributed by atoms with E-state index in [0.717, 1.165) is 18.9 Å². The summed E-state index contributed by atoms with van der Waals surface area (Å²) in [5, 5.41) is 0. The zero-order valence-corrected chi connectivity index (χ0v) is 6.50. The first-order valence-corrected chi connectivity index (χ1v) is 3.54. The summed E-state index contributed by atoms with van der Waals surface area (Å²) in [5.41, 5.74) is 0. The van der Waals surface area contributed by atoms with E-state index in [9.17, 15) is 0 Å². The van der Waals surface area contributed by atoms with Crippen molar-refractivity contribution in [2.45, 2.75) is 6.92 Å². The highest BCUT2D eigenvalue weighted by atomic mass is 16.5.